The van der Waals surface area contributed by atoms with Crippen LogP contribution in [0.25, 0.3) is 0 Å². The minimum Gasteiger partial charge on any atom is -0.349 e. The van der Waals surface area contributed by atoms with Crippen LogP contribution < -0.4 is 4.90 Å². The lowest BCUT2D eigenvalue weighted by atomic mass is 10.2. The highest BCUT2D eigenvalue weighted by Gasteiger charge is 2.32. The summed E-state index contributed by atoms with van der Waals surface area (Å²) < 4.78 is 62.0. The number of alkyl halides is 6. The molecule has 0 radical (unpaired) electrons. The Bertz CT molecular complexity index is 427. The van der Waals surface area contributed by atoms with Crippen molar-refractivity contribution in [2.45, 2.75) is 12.6 Å². The molecule has 0 bridgehead atoms. The lowest BCUT2D eigenvalue weighted by Crippen LogP contribution is -2.31. The Labute approximate surface area is 119 Å². The Morgan fingerprint density at radius 1 is 1.37 bits per heavy atom. The Hall–Kier alpha value is -0.630. The standard InChI is InChI=1S/C10H9BrClF5N2/c11-1-2-19(5-8(13)14)9-7(12)3-6(4-18-9)10(15,16)17/h3-4,8H,1-2,5H2. The third-order valence-electron chi connectivity index (χ3n) is 2.16. The van der Waals surface area contributed by atoms with E-state index in [-0.39, 0.29) is 17.4 Å². The molecule has 0 aliphatic rings. The molecule has 1 rings (SSSR count). The molecule has 0 saturated heterocycles. The van der Waals surface area contributed by atoms with Gasteiger partial charge in [-0.05, 0) is 6.07 Å². The van der Waals surface area contributed by atoms with Crippen molar-refractivity contribution in [2.24, 2.45) is 0 Å². The van der Waals surface area contributed by atoms with Gasteiger partial charge in [-0.3, -0.25) is 0 Å². The fourth-order valence-electron chi connectivity index (χ4n) is 1.37. The highest BCUT2D eigenvalue weighted by atomic mass is 79.9. The summed E-state index contributed by atoms with van der Waals surface area (Å²) in [6.07, 6.45) is -6.63. The van der Waals surface area contributed by atoms with Gasteiger partial charge in [-0.25, -0.2) is 13.8 Å². The zero-order valence-electron chi connectivity index (χ0n) is 9.39. The third-order valence-corrected chi connectivity index (χ3v) is 2.79. The molecule has 108 valence electrons. The zero-order valence-corrected chi connectivity index (χ0v) is 11.7. The first-order valence-electron chi connectivity index (χ1n) is 5.07. The molecule has 0 spiro atoms. The van der Waals surface area contributed by atoms with Crippen molar-refractivity contribution in [3.05, 3.63) is 22.8 Å². The molecular weight excluding hydrogens is 358 g/mol. The number of hydrogen-bond donors (Lipinski definition) is 0. The van der Waals surface area contributed by atoms with Crippen LogP contribution in [0.15, 0.2) is 12.3 Å². The van der Waals surface area contributed by atoms with Crippen LogP contribution in [0.4, 0.5) is 27.8 Å². The van der Waals surface area contributed by atoms with Gasteiger partial charge in [0.05, 0.1) is 17.1 Å². The average molecular weight is 368 g/mol. The van der Waals surface area contributed by atoms with E-state index in [1.165, 1.54) is 0 Å². The topological polar surface area (TPSA) is 16.1 Å². The second-order valence-electron chi connectivity index (χ2n) is 3.55. The Balaban J connectivity index is 3.04. The van der Waals surface area contributed by atoms with Gasteiger partial charge in [0.1, 0.15) is 5.82 Å². The molecule has 0 amide bonds. The summed E-state index contributed by atoms with van der Waals surface area (Å²) in [5, 5.41) is 0.0510. The summed E-state index contributed by atoms with van der Waals surface area (Å²) in [6.45, 7) is -0.494. The van der Waals surface area contributed by atoms with Crippen molar-refractivity contribution in [1.82, 2.24) is 4.98 Å². The van der Waals surface area contributed by atoms with Gasteiger partial charge in [-0.1, -0.05) is 27.5 Å². The van der Waals surface area contributed by atoms with Crippen molar-refractivity contribution >= 4 is 33.3 Å². The fourth-order valence-corrected chi connectivity index (χ4v) is 2.08. The smallest absolute Gasteiger partial charge is 0.349 e. The molecule has 0 unspecified atom stereocenters. The van der Waals surface area contributed by atoms with E-state index in [9.17, 15) is 22.0 Å². The Kier molecular flexibility index (Phi) is 5.79. The maximum Gasteiger partial charge on any atom is 0.417 e. The van der Waals surface area contributed by atoms with E-state index in [1.54, 1.807) is 0 Å². The summed E-state index contributed by atoms with van der Waals surface area (Å²) in [7, 11) is 0. The quantitative estimate of drug-likeness (QED) is 0.572. The van der Waals surface area contributed by atoms with E-state index >= 15 is 0 Å². The van der Waals surface area contributed by atoms with Crippen molar-refractivity contribution in [3.8, 4) is 0 Å². The van der Waals surface area contributed by atoms with Crippen molar-refractivity contribution < 1.29 is 22.0 Å². The first-order valence-corrected chi connectivity index (χ1v) is 6.57. The van der Waals surface area contributed by atoms with Gasteiger partial charge in [0.15, 0.2) is 0 Å². The van der Waals surface area contributed by atoms with Gasteiger partial charge >= 0.3 is 6.18 Å². The van der Waals surface area contributed by atoms with Gasteiger partial charge in [0.2, 0.25) is 0 Å². The van der Waals surface area contributed by atoms with Gasteiger partial charge in [0.25, 0.3) is 6.43 Å². The van der Waals surface area contributed by atoms with Crippen molar-refractivity contribution in [1.29, 1.82) is 0 Å². The van der Waals surface area contributed by atoms with Crippen molar-refractivity contribution in [3.63, 3.8) is 0 Å². The molecule has 2 nitrogen and oxygen atoms in total. The molecule has 0 atom stereocenters. The molecule has 0 fully saturated rings. The summed E-state index contributed by atoms with van der Waals surface area (Å²) in [4.78, 5) is 4.66. The van der Waals surface area contributed by atoms with Crippen LogP contribution in [0.5, 0.6) is 0 Å². The normalized spacial score (nSPS) is 12.0. The van der Waals surface area contributed by atoms with Crippen LogP contribution in [-0.4, -0.2) is 29.8 Å². The van der Waals surface area contributed by atoms with Crippen LogP contribution in [0.2, 0.25) is 5.02 Å². The molecule has 1 aromatic rings. The van der Waals surface area contributed by atoms with Gasteiger partial charge < -0.3 is 4.90 Å². The van der Waals surface area contributed by atoms with Crippen LogP contribution in [0.1, 0.15) is 5.56 Å². The minimum atomic E-state index is -4.57. The van der Waals surface area contributed by atoms with E-state index in [0.717, 1.165) is 4.90 Å². The average Bonchev–Trinajstić information content (AvgIpc) is 2.26. The molecule has 1 heterocycles. The maximum absolute atomic E-state index is 12.4. The molecule has 0 N–H and O–H groups in total. The predicted octanol–water partition coefficient (Wildman–Crippen LogP) is 4.22. The number of pyridine rings is 1. The summed E-state index contributed by atoms with van der Waals surface area (Å²) in [5.74, 6) is -0.0885. The second kappa shape index (κ2) is 6.69. The van der Waals surface area contributed by atoms with E-state index in [4.69, 9.17) is 11.6 Å². The van der Waals surface area contributed by atoms with E-state index in [1.807, 2.05) is 0 Å². The van der Waals surface area contributed by atoms with Gasteiger partial charge in [-0.15, -0.1) is 0 Å². The molecule has 0 saturated carbocycles. The van der Waals surface area contributed by atoms with E-state index in [2.05, 4.69) is 20.9 Å². The number of anilines is 1. The number of nitrogens with zero attached hydrogens (tertiary/aromatic N) is 2. The summed E-state index contributed by atoms with van der Waals surface area (Å²) in [5.41, 5.74) is -1.02. The van der Waals surface area contributed by atoms with Crippen LogP contribution in [0, 0.1) is 0 Å². The SMILES string of the molecule is FC(F)CN(CCBr)c1ncc(C(F)(F)F)cc1Cl. The molecule has 9 heteroatoms. The van der Waals surface area contributed by atoms with Crippen LogP contribution in [-0.2, 0) is 6.18 Å². The summed E-state index contributed by atoms with van der Waals surface area (Å²) >= 11 is 8.76. The van der Waals surface area contributed by atoms with E-state index in [0.29, 0.717) is 17.6 Å². The summed E-state index contributed by atoms with van der Waals surface area (Å²) in [6, 6.07) is 0.677. The first kappa shape index (κ1) is 16.4. The number of rotatable bonds is 5. The molecule has 0 aliphatic heterocycles. The highest BCUT2D eigenvalue weighted by Crippen LogP contribution is 2.33. The molecule has 0 aliphatic carbocycles. The number of hydrogen-bond acceptors (Lipinski definition) is 2. The third kappa shape index (κ3) is 4.76. The monoisotopic (exact) mass is 366 g/mol. The highest BCUT2D eigenvalue weighted by molar-refractivity contribution is 9.09. The Morgan fingerprint density at radius 3 is 2.42 bits per heavy atom. The molecule has 1 aromatic heterocycles. The molecule has 0 aromatic carbocycles. The predicted molar refractivity (Wildman–Crippen MR) is 66.3 cm³/mol. The van der Waals surface area contributed by atoms with E-state index < -0.39 is 24.7 Å². The van der Waals surface area contributed by atoms with Crippen molar-refractivity contribution in [2.75, 3.05) is 23.3 Å². The van der Waals surface area contributed by atoms with Crippen LogP contribution >= 0.6 is 27.5 Å². The lowest BCUT2D eigenvalue weighted by Gasteiger charge is -2.23. The Morgan fingerprint density at radius 2 is 2.00 bits per heavy atom. The number of halogens is 7. The lowest BCUT2D eigenvalue weighted by molar-refractivity contribution is -0.137. The maximum atomic E-state index is 12.4. The zero-order chi connectivity index (χ0) is 14.6. The first-order chi connectivity index (χ1) is 8.75. The largest absolute Gasteiger partial charge is 0.417 e. The van der Waals surface area contributed by atoms with Crippen LogP contribution in [0.3, 0.4) is 0 Å². The van der Waals surface area contributed by atoms with Gasteiger partial charge in [0, 0.05) is 18.1 Å². The molecular formula is C10H9BrClF5N2. The second-order valence-corrected chi connectivity index (χ2v) is 4.75. The minimum absolute atomic E-state index is 0.0885. The fraction of sp³-hybridized carbons (Fsp3) is 0.500. The number of aromatic nitrogens is 1. The van der Waals surface area contributed by atoms with Gasteiger partial charge in [-0.2, -0.15) is 13.2 Å². The molecule has 19 heavy (non-hydrogen) atoms.